The number of ether oxygens (including phenoxy) is 1. The van der Waals surface area contributed by atoms with Gasteiger partial charge in [0.15, 0.2) is 5.75 Å². The second-order valence-electron chi connectivity index (χ2n) is 8.25. The van der Waals surface area contributed by atoms with E-state index in [2.05, 4.69) is 32.4 Å². The smallest absolute Gasteiger partial charge is 0.167 e. The molecule has 5 nitrogen and oxygen atoms in total. The molecule has 3 aromatic heterocycles. The maximum absolute atomic E-state index is 6.41. The third-order valence-electron chi connectivity index (χ3n) is 6.07. The summed E-state index contributed by atoms with van der Waals surface area (Å²) >= 11 is 12.6. The highest BCUT2D eigenvalue weighted by Crippen LogP contribution is 2.41. The van der Waals surface area contributed by atoms with Crippen LogP contribution in [0.4, 0.5) is 0 Å². The van der Waals surface area contributed by atoms with Gasteiger partial charge in [-0.3, -0.25) is 0 Å². The Bertz CT molecular complexity index is 1500. The van der Waals surface area contributed by atoms with Gasteiger partial charge in [-0.2, -0.15) is 0 Å². The number of fused-ring (bicyclic) bond motifs is 6. The number of hydrogen-bond acceptors (Lipinski definition) is 2. The highest BCUT2D eigenvalue weighted by atomic mass is 35.5. The first-order chi connectivity index (χ1) is 16.2. The highest BCUT2D eigenvalue weighted by molar-refractivity contribution is 6.33. The van der Waals surface area contributed by atoms with Gasteiger partial charge >= 0.3 is 0 Å². The third-order valence-corrected chi connectivity index (χ3v) is 6.54. The Morgan fingerprint density at radius 2 is 1.45 bits per heavy atom. The van der Waals surface area contributed by atoms with E-state index in [-0.39, 0.29) is 0 Å². The zero-order chi connectivity index (χ0) is 22.4. The lowest BCUT2D eigenvalue weighted by Gasteiger charge is -2.10. The van der Waals surface area contributed by atoms with Crippen molar-refractivity contribution in [3.05, 3.63) is 76.5 Å². The fourth-order valence-corrected chi connectivity index (χ4v) is 4.86. The van der Waals surface area contributed by atoms with Crippen LogP contribution in [0, 0.1) is 0 Å². The van der Waals surface area contributed by atoms with Crippen molar-refractivity contribution in [3.8, 4) is 5.75 Å². The third kappa shape index (κ3) is 3.72. The van der Waals surface area contributed by atoms with Gasteiger partial charge in [0.25, 0.3) is 0 Å². The van der Waals surface area contributed by atoms with Crippen molar-refractivity contribution in [1.82, 2.24) is 20.3 Å². The Hall–Kier alpha value is -3.12. The molecular weight excluding hydrogens is 455 g/mol. The molecule has 0 aliphatic carbocycles. The van der Waals surface area contributed by atoms with Gasteiger partial charge in [0, 0.05) is 61.1 Å². The molecule has 0 radical (unpaired) electrons. The van der Waals surface area contributed by atoms with Crippen molar-refractivity contribution in [2.75, 3.05) is 13.2 Å². The number of hydrogen-bond donors (Lipinski definition) is 4. The van der Waals surface area contributed by atoms with Crippen LogP contribution in [0.15, 0.2) is 60.8 Å². The van der Waals surface area contributed by atoms with Gasteiger partial charge < -0.3 is 25.0 Å². The summed E-state index contributed by atoms with van der Waals surface area (Å²) in [5.41, 5.74) is 5.17. The molecule has 0 unspecified atom stereocenters. The summed E-state index contributed by atoms with van der Waals surface area (Å²) in [6.45, 7) is 2.28. The molecular formula is C26H22Cl2N4O. The van der Waals surface area contributed by atoms with E-state index in [9.17, 15) is 0 Å². The van der Waals surface area contributed by atoms with Crippen LogP contribution in [-0.4, -0.2) is 28.1 Å². The van der Waals surface area contributed by atoms with Crippen LogP contribution in [0.2, 0.25) is 10.0 Å². The van der Waals surface area contributed by atoms with Crippen molar-refractivity contribution in [2.45, 2.75) is 13.0 Å². The van der Waals surface area contributed by atoms with E-state index in [1.165, 1.54) is 5.69 Å². The Labute approximate surface area is 200 Å². The second kappa shape index (κ2) is 8.34. The summed E-state index contributed by atoms with van der Waals surface area (Å²) in [5, 5.41) is 9.19. The van der Waals surface area contributed by atoms with Crippen molar-refractivity contribution in [2.24, 2.45) is 0 Å². The standard InChI is InChI=1S/C26H22Cl2N4O/c27-15-4-6-22-18(11-15)20-13-21-19-12-16(28)5-7-23(19)32-25(21)26(24(20)31-22)33-10-2-8-29-14-17-3-1-9-30-17/h1,3-7,9,11-13,29-32H,2,8,10,14H2. The van der Waals surface area contributed by atoms with E-state index in [1.54, 1.807) is 0 Å². The van der Waals surface area contributed by atoms with Crippen molar-refractivity contribution in [1.29, 1.82) is 0 Å². The molecule has 6 rings (SSSR count). The SMILES string of the molecule is Clc1ccc2[nH]c3c(OCCCNCc4ccc[nH]4)c4[nH]c5ccc(Cl)cc5c4cc3c2c1. The number of nitrogens with one attached hydrogen (secondary N) is 4. The van der Waals surface area contributed by atoms with Gasteiger partial charge in [0.05, 0.1) is 17.6 Å². The molecule has 0 spiro atoms. The molecule has 0 fully saturated rings. The maximum atomic E-state index is 6.41. The summed E-state index contributed by atoms with van der Waals surface area (Å²) in [5.74, 6) is 0.825. The fourth-order valence-electron chi connectivity index (χ4n) is 4.51. The lowest BCUT2D eigenvalue weighted by molar-refractivity contribution is 0.314. The molecule has 33 heavy (non-hydrogen) atoms. The molecule has 0 aliphatic rings. The van der Waals surface area contributed by atoms with Crippen LogP contribution in [0.25, 0.3) is 43.6 Å². The summed E-state index contributed by atoms with van der Waals surface area (Å²) in [6, 6.07) is 18.1. The number of H-pyrrole nitrogens is 3. The minimum atomic E-state index is 0.595. The first kappa shape index (κ1) is 20.5. The number of aromatic nitrogens is 3. The van der Waals surface area contributed by atoms with Gasteiger partial charge in [-0.15, -0.1) is 0 Å². The summed E-state index contributed by atoms with van der Waals surface area (Å²) in [6.07, 6.45) is 2.82. The highest BCUT2D eigenvalue weighted by Gasteiger charge is 2.18. The van der Waals surface area contributed by atoms with Gasteiger partial charge in [-0.1, -0.05) is 23.2 Å². The predicted octanol–water partition coefficient (Wildman–Crippen LogP) is 7.15. The normalized spacial score (nSPS) is 11.9. The van der Waals surface area contributed by atoms with Crippen LogP contribution in [0.3, 0.4) is 0 Å². The molecule has 0 bridgehead atoms. The first-order valence-corrected chi connectivity index (χ1v) is 11.7. The Kier molecular flexibility index (Phi) is 5.18. The predicted molar refractivity (Wildman–Crippen MR) is 138 cm³/mol. The van der Waals surface area contributed by atoms with Crippen molar-refractivity contribution >= 4 is 66.8 Å². The van der Waals surface area contributed by atoms with Crippen molar-refractivity contribution in [3.63, 3.8) is 0 Å². The van der Waals surface area contributed by atoms with Crippen LogP contribution in [0.1, 0.15) is 12.1 Å². The molecule has 166 valence electrons. The molecule has 0 saturated carbocycles. The Morgan fingerprint density at radius 3 is 2.06 bits per heavy atom. The van der Waals surface area contributed by atoms with E-state index in [0.717, 1.165) is 68.9 Å². The molecule has 0 atom stereocenters. The molecule has 0 aliphatic heterocycles. The summed E-state index contributed by atoms with van der Waals surface area (Å²) < 4.78 is 6.41. The zero-order valence-electron chi connectivity index (χ0n) is 17.8. The van der Waals surface area contributed by atoms with Gasteiger partial charge in [0.1, 0.15) is 0 Å². The zero-order valence-corrected chi connectivity index (χ0v) is 19.3. The average Bonchev–Trinajstić information content (AvgIpc) is 3.53. The minimum absolute atomic E-state index is 0.595. The van der Waals surface area contributed by atoms with Crippen molar-refractivity contribution < 1.29 is 4.74 Å². The van der Waals surface area contributed by atoms with E-state index in [4.69, 9.17) is 27.9 Å². The quantitative estimate of drug-likeness (QED) is 0.185. The Balaban J connectivity index is 1.38. The second-order valence-corrected chi connectivity index (χ2v) is 9.13. The van der Waals surface area contributed by atoms with Crippen LogP contribution < -0.4 is 10.1 Å². The summed E-state index contributed by atoms with van der Waals surface area (Å²) in [7, 11) is 0. The molecule has 6 aromatic rings. The number of benzene rings is 3. The van der Waals surface area contributed by atoms with Gasteiger partial charge in [-0.25, -0.2) is 0 Å². The monoisotopic (exact) mass is 476 g/mol. The molecule has 7 heteroatoms. The van der Waals surface area contributed by atoms with E-state index in [1.807, 2.05) is 48.7 Å². The average molecular weight is 477 g/mol. The van der Waals surface area contributed by atoms with Gasteiger partial charge in [-0.05, 0) is 67.6 Å². The minimum Gasteiger partial charge on any atom is -0.489 e. The number of rotatable bonds is 7. The Morgan fingerprint density at radius 1 is 0.788 bits per heavy atom. The fraction of sp³-hybridized carbons (Fsp3) is 0.154. The van der Waals surface area contributed by atoms with E-state index in [0.29, 0.717) is 16.7 Å². The maximum Gasteiger partial charge on any atom is 0.167 e. The lowest BCUT2D eigenvalue weighted by Crippen LogP contribution is -2.17. The molecule has 0 saturated heterocycles. The van der Waals surface area contributed by atoms with Gasteiger partial charge in [0.2, 0.25) is 0 Å². The molecule has 0 amide bonds. The molecule has 3 heterocycles. The number of aromatic amines is 3. The van der Waals surface area contributed by atoms with Crippen LogP contribution in [0.5, 0.6) is 5.75 Å². The lowest BCUT2D eigenvalue weighted by atomic mass is 10.1. The largest absolute Gasteiger partial charge is 0.489 e. The summed E-state index contributed by atoms with van der Waals surface area (Å²) in [4.78, 5) is 10.3. The topological polar surface area (TPSA) is 68.6 Å². The molecule has 4 N–H and O–H groups in total. The van der Waals surface area contributed by atoms with Crippen LogP contribution in [-0.2, 0) is 6.54 Å². The first-order valence-electron chi connectivity index (χ1n) is 11.0. The molecule has 3 aromatic carbocycles. The van der Waals surface area contributed by atoms with E-state index >= 15 is 0 Å². The van der Waals surface area contributed by atoms with Crippen LogP contribution >= 0.6 is 23.2 Å². The van der Waals surface area contributed by atoms with E-state index < -0.39 is 0 Å². The number of halogens is 2.